The number of carbonyl (C=O) groups excluding carboxylic acids is 1. The van der Waals surface area contributed by atoms with Crippen LogP contribution < -0.4 is 20.1 Å². The van der Waals surface area contributed by atoms with Crippen molar-refractivity contribution in [1.82, 2.24) is 15.5 Å². The molecule has 0 atom stereocenters. The van der Waals surface area contributed by atoms with Gasteiger partial charge in [0.1, 0.15) is 0 Å². The van der Waals surface area contributed by atoms with Crippen LogP contribution in [0.1, 0.15) is 25.3 Å². The van der Waals surface area contributed by atoms with Gasteiger partial charge in [0.15, 0.2) is 17.5 Å². The first-order chi connectivity index (χ1) is 13.1. The lowest BCUT2D eigenvalue weighted by Gasteiger charge is -2.32. The van der Waals surface area contributed by atoms with Crippen molar-refractivity contribution in [2.24, 2.45) is 4.99 Å². The first-order valence-corrected chi connectivity index (χ1v) is 9.87. The molecule has 0 aromatic heterocycles. The van der Waals surface area contributed by atoms with Gasteiger partial charge in [-0.05, 0) is 53.4 Å². The summed E-state index contributed by atoms with van der Waals surface area (Å²) in [5, 5.41) is 6.75. The van der Waals surface area contributed by atoms with Crippen molar-refractivity contribution < 1.29 is 19.0 Å². The Labute approximate surface area is 190 Å². The Morgan fingerprint density at radius 3 is 2.79 bits per heavy atom. The molecule has 156 valence electrons. The van der Waals surface area contributed by atoms with E-state index in [1.165, 1.54) is 0 Å². The second-order valence-corrected chi connectivity index (χ2v) is 7.20. The molecule has 2 heterocycles. The highest BCUT2D eigenvalue weighted by molar-refractivity contribution is 14.0. The average Bonchev–Trinajstić information content (AvgIpc) is 3.15. The number of likely N-dealkylation sites (tertiary alicyclic amines) is 1. The number of benzene rings is 1. The molecule has 1 amide bonds. The monoisotopic (exact) mass is 568 g/mol. The predicted molar refractivity (Wildman–Crippen MR) is 121 cm³/mol. The minimum Gasteiger partial charge on any atom is -0.454 e. The van der Waals surface area contributed by atoms with Gasteiger partial charge in [-0.15, -0.1) is 24.0 Å². The van der Waals surface area contributed by atoms with Gasteiger partial charge in [-0.2, -0.15) is 0 Å². The zero-order valence-corrected chi connectivity index (χ0v) is 19.9. The number of amides is 1. The molecule has 1 aromatic carbocycles. The van der Waals surface area contributed by atoms with Crippen molar-refractivity contribution in [3.05, 3.63) is 22.2 Å². The number of carbonyl (C=O) groups is 1. The zero-order chi connectivity index (χ0) is 19.2. The van der Waals surface area contributed by atoms with E-state index in [4.69, 9.17) is 14.2 Å². The highest BCUT2D eigenvalue weighted by Gasteiger charge is 2.24. The molecule has 2 aliphatic rings. The van der Waals surface area contributed by atoms with E-state index in [9.17, 15) is 4.79 Å². The Balaban J connectivity index is 0.00000280. The highest BCUT2D eigenvalue weighted by Crippen LogP contribution is 2.39. The largest absolute Gasteiger partial charge is 0.454 e. The average molecular weight is 569 g/mol. The van der Waals surface area contributed by atoms with Crippen molar-refractivity contribution in [3.63, 3.8) is 0 Å². The first kappa shape index (κ1) is 22.9. The van der Waals surface area contributed by atoms with Crippen LogP contribution >= 0.6 is 39.9 Å². The number of nitrogens with one attached hydrogen (secondary N) is 2. The van der Waals surface area contributed by atoms with E-state index < -0.39 is 0 Å². The third-order valence-corrected chi connectivity index (χ3v) is 5.12. The zero-order valence-electron chi connectivity index (χ0n) is 16.0. The van der Waals surface area contributed by atoms with Crippen LogP contribution in [-0.4, -0.2) is 56.5 Å². The summed E-state index contributed by atoms with van der Waals surface area (Å²) < 4.78 is 16.8. The molecule has 1 saturated heterocycles. The molecule has 0 bridgehead atoms. The first-order valence-electron chi connectivity index (χ1n) is 9.07. The molecule has 10 heteroatoms. The summed E-state index contributed by atoms with van der Waals surface area (Å²) in [6.07, 6.45) is 1.48. The summed E-state index contributed by atoms with van der Waals surface area (Å²) >= 11 is 3.51. The third kappa shape index (κ3) is 5.79. The molecule has 0 aliphatic carbocycles. The van der Waals surface area contributed by atoms with Crippen LogP contribution in [0, 0.1) is 0 Å². The van der Waals surface area contributed by atoms with E-state index in [1.807, 2.05) is 19.1 Å². The molecule has 8 nitrogen and oxygen atoms in total. The molecule has 2 aliphatic heterocycles. The van der Waals surface area contributed by atoms with E-state index in [0.717, 1.165) is 40.3 Å². The van der Waals surface area contributed by atoms with Crippen LogP contribution in [0.4, 0.5) is 4.79 Å². The van der Waals surface area contributed by atoms with Crippen LogP contribution in [0.2, 0.25) is 0 Å². The number of aliphatic imine (C=N–C) groups is 1. The Hall–Kier alpha value is -1.43. The Morgan fingerprint density at radius 1 is 1.36 bits per heavy atom. The molecule has 0 saturated carbocycles. The topological polar surface area (TPSA) is 84.4 Å². The van der Waals surface area contributed by atoms with E-state index in [0.29, 0.717) is 26.2 Å². The van der Waals surface area contributed by atoms with Crippen LogP contribution in [0.15, 0.2) is 21.6 Å². The van der Waals surface area contributed by atoms with Gasteiger partial charge in [-0.25, -0.2) is 4.79 Å². The van der Waals surface area contributed by atoms with E-state index in [2.05, 4.69) is 31.6 Å². The third-order valence-electron chi connectivity index (χ3n) is 4.53. The quantitative estimate of drug-likeness (QED) is 0.330. The van der Waals surface area contributed by atoms with Gasteiger partial charge < -0.3 is 29.7 Å². The number of hydrogen-bond acceptors (Lipinski definition) is 5. The van der Waals surface area contributed by atoms with Gasteiger partial charge in [0, 0.05) is 32.7 Å². The maximum atomic E-state index is 11.8. The summed E-state index contributed by atoms with van der Waals surface area (Å²) in [5.41, 5.74) is 1.06. The molecule has 0 spiro atoms. The number of halogens is 2. The van der Waals surface area contributed by atoms with Crippen LogP contribution in [0.25, 0.3) is 0 Å². The normalized spacial score (nSPS) is 16.4. The SMILES string of the molecule is CCOC(=O)N1CCC(NC(=NC)NCc2cc(Br)c3c(c2)OCO3)CC1.I. The second kappa shape index (κ2) is 10.9. The number of hydrogen-bond donors (Lipinski definition) is 2. The summed E-state index contributed by atoms with van der Waals surface area (Å²) in [6, 6.07) is 4.24. The van der Waals surface area contributed by atoms with Gasteiger partial charge in [-0.1, -0.05) is 0 Å². The molecule has 2 N–H and O–H groups in total. The van der Waals surface area contributed by atoms with E-state index in [1.54, 1.807) is 11.9 Å². The number of guanidine groups is 1. The lowest BCUT2D eigenvalue weighted by atomic mass is 10.1. The number of piperidine rings is 1. The fourth-order valence-corrected chi connectivity index (χ4v) is 3.72. The van der Waals surface area contributed by atoms with Crippen molar-refractivity contribution in [1.29, 1.82) is 0 Å². The van der Waals surface area contributed by atoms with Crippen molar-refractivity contribution >= 4 is 52.0 Å². The van der Waals surface area contributed by atoms with Gasteiger partial charge in [0.25, 0.3) is 0 Å². The predicted octanol–water partition coefficient (Wildman–Crippen LogP) is 3.08. The standard InChI is InChI=1S/C18H25BrN4O4.HI/c1-3-25-18(24)23-6-4-13(5-7-23)22-17(20-2)21-10-12-8-14(19)16-15(9-12)26-11-27-16;/h8-9,13H,3-7,10-11H2,1-2H3,(H2,20,21,22);1H. The molecule has 28 heavy (non-hydrogen) atoms. The lowest BCUT2D eigenvalue weighted by Crippen LogP contribution is -2.49. The summed E-state index contributed by atoms with van der Waals surface area (Å²) in [6.45, 7) is 4.45. The number of ether oxygens (including phenoxy) is 3. The van der Waals surface area contributed by atoms with Crippen molar-refractivity contribution in [3.8, 4) is 11.5 Å². The van der Waals surface area contributed by atoms with Crippen molar-refractivity contribution in [2.75, 3.05) is 33.5 Å². The Kier molecular flexibility index (Phi) is 8.93. The van der Waals surface area contributed by atoms with E-state index in [-0.39, 0.29) is 42.9 Å². The number of fused-ring (bicyclic) bond motifs is 1. The maximum Gasteiger partial charge on any atom is 0.409 e. The lowest BCUT2D eigenvalue weighted by molar-refractivity contribution is 0.0963. The Bertz CT molecular complexity index is 711. The smallest absolute Gasteiger partial charge is 0.409 e. The minimum atomic E-state index is -0.230. The van der Waals surface area contributed by atoms with Crippen LogP contribution in [0.5, 0.6) is 11.5 Å². The number of nitrogens with zero attached hydrogens (tertiary/aromatic N) is 2. The van der Waals surface area contributed by atoms with Gasteiger partial charge in [0.2, 0.25) is 6.79 Å². The molecule has 3 rings (SSSR count). The molecular weight excluding hydrogens is 543 g/mol. The fraction of sp³-hybridized carbons (Fsp3) is 0.556. The summed E-state index contributed by atoms with van der Waals surface area (Å²) in [5.74, 6) is 2.23. The highest BCUT2D eigenvalue weighted by atomic mass is 127. The maximum absolute atomic E-state index is 11.8. The van der Waals surface area contributed by atoms with Crippen LogP contribution in [0.3, 0.4) is 0 Å². The van der Waals surface area contributed by atoms with Gasteiger partial charge in [0.05, 0.1) is 11.1 Å². The molecule has 0 unspecified atom stereocenters. The van der Waals surface area contributed by atoms with Crippen molar-refractivity contribution in [2.45, 2.75) is 32.4 Å². The van der Waals surface area contributed by atoms with Crippen LogP contribution in [-0.2, 0) is 11.3 Å². The Morgan fingerprint density at radius 2 is 2.11 bits per heavy atom. The molecule has 1 fully saturated rings. The number of rotatable bonds is 4. The molecule has 0 radical (unpaired) electrons. The molecular formula is C18H26BrIN4O4. The summed E-state index contributed by atoms with van der Waals surface area (Å²) in [7, 11) is 1.75. The van der Waals surface area contributed by atoms with Gasteiger partial charge >= 0.3 is 6.09 Å². The van der Waals surface area contributed by atoms with Gasteiger partial charge in [-0.3, -0.25) is 4.99 Å². The summed E-state index contributed by atoms with van der Waals surface area (Å²) in [4.78, 5) is 17.8. The fourth-order valence-electron chi connectivity index (χ4n) is 3.12. The molecule has 1 aromatic rings. The van der Waals surface area contributed by atoms with E-state index >= 15 is 0 Å². The second-order valence-electron chi connectivity index (χ2n) is 6.34. The minimum absolute atomic E-state index is 0.